The van der Waals surface area contributed by atoms with E-state index in [9.17, 15) is 4.79 Å². The smallest absolute Gasteiger partial charge is 0.173 e. The van der Waals surface area contributed by atoms with Crippen molar-refractivity contribution < 1.29 is 4.79 Å². The summed E-state index contributed by atoms with van der Waals surface area (Å²) in [6.07, 6.45) is 0.786. The Balaban J connectivity index is 2.02. The lowest BCUT2D eigenvalue weighted by molar-refractivity contribution is -0.116. The third-order valence-electron chi connectivity index (χ3n) is 2.15. The van der Waals surface area contributed by atoms with Crippen molar-refractivity contribution in [1.82, 2.24) is 5.32 Å². The minimum atomic E-state index is 0.154. The molecule has 3 nitrogen and oxygen atoms in total. The molecule has 0 atom stereocenters. The standard InChI is InChI=1S/C11H12N2O/c14-10-7-12-11(13-8-10)6-9-4-2-1-3-5-9/h1-5H,6-8H2,(H,12,13). The molecule has 1 aliphatic heterocycles. The van der Waals surface area contributed by atoms with Crippen molar-refractivity contribution in [3.63, 3.8) is 0 Å². The van der Waals surface area contributed by atoms with Crippen LogP contribution >= 0.6 is 0 Å². The minimum Gasteiger partial charge on any atom is -0.366 e. The highest BCUT2D eigenvalue weighted by Crippen LogP contribution is 2.01. The Morgan fingerprint density at radius 3 is 2.71 bits per heavy atom. The Kier molecular flexibility index (Phi) is 2.58. The van der Waals surface area contributed by atoms with Crippen LogP contribution in [-0.4, -0.2) is 24.7 Å². The summed E-state index contributed by atoms with van der Waals surface area (Å²) in [6.45, 7) is 0.751. The number of carbonyl (C=O) groups is 1. The predicted octanol–water partition coefficient (Wildman–Crippen LogP) is 0.800. The fourth-order valence-electron chi connectivity index (χ4n) is 1.40. The molecule has 14 heavy (non-hydrogen) atoms. The summed E-state index contributed by atoms with van der Waals surface area (Å²) in [6, 6.07) is 10.1. The van der Waals surface area contributed by atoms with Gasteiger partial charge in [-0.15, -0.1) is 0 Å². The highest BCUT2D eigenvalue weighted by Gasteiger charge is 2.10. The van der Waals surface area contributed by atoms with Crippen LogP contribution in [0.4, 0.5) is 0 Å². The quantitative estimate of drug-likeness (QED) is 0.745. The first kappa shape index (κ1) is 8.94. The maximum Gasteiger partial charge on any atom is 0.173 e. The summed E-state index contributed by atoms with van der Waals surface area (Å²) < 4.78 is 0. The van der Waals surface area contributed by atoms with Crippen molar-refractivity contribution in [2.24, 2.45) is 4.99 Å². The van der Waals surface area contributed by atoms with E-state index < -0.39 is 0 Å². The molecule has 2 rings (SSSR count). The number of amidine groups is 1. The molecule has 0 amide bonds. The molecule has 0 fully saturated rings. The highest BCUT2D eigenvalue weighted by molar-refractivity contribution is 5.95. The van der Waals surface area contributed by atoms with Gasteiger partial charge in [-0.2, -0.15) is 0 Å². The molecule has 0 saturated heterocycles. The van der Waals surface area contributed by atoms with Gasteiger partial charge in [0.2, 0.25) is 0 Å². The van der Waals surface area contributed by atoms with E-state index in [2.05, 4.69) is 22.4 Å². The SMILES string of the molecule is O=C1CN=C(Cc2ccccc2)NC1. The van der Waals surface area contributed by atoms with Gasteiger partial charge in [0.15, 0.2) is 5.78 Å². The number of rotatable bonds is 2. The molecule has 1 aliphatic rings. The Morgan fingerprint density at radius 1 is 1.29 bits per heavy atom. The summed E-state index contributed by atoms with van der Waals surface area (Å²) in [7, 11) is 0. The van der Waals surface area contributed by atoms with Gasteiger partial charge < -0.3 is 5.32 Å². The van der Waals surface area contributed by atoms with Crippen LogP contribution in [0.2, 0.25) is 0 Å². The number of benzene rings is 1. The molecular formula is C11H12N2O. The lowest BCUT2D eigenvalue weighted by atomic mass is 10.1. The van der Waals surface area contributed by atoms with Crippen molar-refractivity contribution in [3.05, 3.63) is 35.9 Å². The third kappa shape index (κ3) is 2.19. The minimum absolute atomic E-state index is 0.154. The summed E-state index contributed by atoms with van der Waals surface area (Å²) >= 11 is 0. The zero-order valence-corrected chi connectivity index (χ0v) is 7.86. The normalized spacial score (nSPS) is 16.0. The van der Waals surface area contributed by atoms with E-state index in [1.54, 1.807) is 0 Å². The zero-order valence-electron chi connectivity index (χ0n) is 7.86. The van der Waals surface area contributed by atoms with Crippen LogP contribution in [0.1, 0.15) is 5.56 Å². The van der Waals surface area contributed by atoms with Gasteiger partial charge in [0.1, 0.15) is 12.4 Å². The second-order valence-electron chi connectivity index (χ2n) is 3.32. The molecule has 0 unspecified atom stereocenters. The van der Waals surface area contributed by atoms with Crippen LogP contribution in [-0.2, 0) is 11.2 Å². The van der Waals surface area contributed by atoms with Gasteiger partial charge in [-0.3, -0.25) is 9.79 Å². The first-order valence-corrected chi connectivity index (χ1v) is 4.67. The number of ketones is 1. The van der Waals surface area contributed by atoms with Crippen molar-refractivity contribution in [1.29, 1.82) is 0 Å². The topological polar surface area (TPSA) is 41.5 Å². The van der Waals surface area contributed by atoms with Gasteiger partial charge in [0.25, 0.3) is 0 Å². The molecule has 0 spiro atoms. The Hall–Kier alpha value is -1.64. The van der Waals surface area contributed by atoms with E-state index >= 15 is 0 Å². The average molecular weight is 188 g/mol. The van der Waals surface area contributed by atoms with E-state index in [1.807, 2.05) is 18.2 Å². The van der Waals surface area contributed by atoms with Crippen molar-refractivity contribution >= 4 is 11.6 Å². The number of nitrogens with one attached hydrogen (secondary N) is 1. The molecule has 1 aromatic rings. The van der Waals surface area contributed by atoms with E-state index in [-0.39, 0.29) is 5.78 Å². The second-order valence-corrected chi connectivity index (χ2v) is 3.32. The molecule has 0 aliphatic carbocycles. The fourth-order valence-corrected chi connectivity index (χ4v) is 1.40. The van der Waals surface area contributed by atoms with Crippen molar-refractivity contribution in [2.75, 3.05) is 13.1 Å². The Labute approximate surface area is 82.9 Å². The summed E-state index contributed by atoms with van der Waals surface area (Å²) in [5.74, 6) is 1.07. The van der Waals surface area contributed by atoms with Crippen molar-refractivity contribution in [3.8, 4) is 0 Å². The van der Waals surface area contributed by atoms with Gasteiger partial charge in [-0.25, -0.2) is 0 Å². The van der Waals surface area contributed by atoms with Gasteiger partial charge in [0, 0.05) is 6.42 Å². The maximum atomic E-state index is 10.9. The Morgan fingerprint density at radius 2 is 2.07 bits per heavy atom. The zero-order chi connectivity index (χ0) is 9.80. The number of hydrogen-bond donors (Lipinski definition) is 1. The summed E-state index contributed by atoms with van der Waals surface area (Å²) in [5, 5.41) is 3.02. The largest absolute Gasteiger partial charge is 0.366 e. The third-order valence-corrected chi connectivity index (χ3v) is 2.15. The van der Waals surface area contributed by atoms with Crippen LogP contribution < -0.4 is 5.32 Å². The van der Waals surface area contributed by atoms with Crippen LogP contribution in [0.3, 0.4) is 0 Å². The number of nitrogens with zero attached hydrogens (tertiary/aromatic N) is 1. The van der Waals surface area contributed by atoms with Crippen LogP contribution in [0.25, 0.3) is 0 Å². The Bertz CT molecular complexity index is 357. The predicted molar refractivity (Wildman–Crippen MR) is 55.5 cm³/mol. The van der Waals surface area contributed by atoms with Gasteiger partial charge in [0.05, 0.1) is 6.54 Å². The van der Waals surface area contributed by atoms with Gasteiger partial charge >= 0.3 is 0 Å². The summed E-state index contributed by atoms with van der Waals surface area (Å²) in [5.41, 5.74) is 1.22. The number of carbonyl (C=O) groups excluding carboxylic acids is 1. The maximum absolute atomic E-state index is 10.9. The first-order chi connectivity index (χ1) is 6.84. The van der Waals surface area contributed by atoms with E-state index in [1.165, 1.54) is 5.56 Å². The average Bonchev–Trinajstić information content (AvgIpc) is 2.23. The fraction of sp³-hybridized carbons (Fsp3) is 0.273. The molecule has 72 valence electrons. The summed E-state index contributed by atoms with van der Waals surface area (Å²) in [4.78, 5) is 15.1. The monoisotopic (exact) mass is 188 g/mol. The number of aliphatic imine (C=N–C) groups is 1. The first-order valence-electron chi connectivity index (χ1n) is 4.67. The van der Waals surface area contributed by atoms with Crippen LogP contribution in [0.5, 0.6) is 0 Å². The highest BCUT2D eigenvalue weighted by atomic mass is 16.1. The molecule has 0 aromatic heterocycles. The molecule has 0 bridgehead atoms. The molecule has 1 N–H and O–H groups in total. The van der Waals surface area contributed by atoms with E-state index in [0.29, 0.717) is 13.1 Å². The molecule has 0 saturated carbocycles. The lowest BCUT2D eigenvalue weighted by Gasteiger charge is -2.13. The molecule has 1 heterocycles. The lowest BCUT2D eigenvalue weighted by Crippen LogP contribution is -2.37. The van der Waals surface area contributed by atoms with Crippen LogP contribution in [0, 0.1) is 0 Å². The molecule has 1 aromatic carbocycles. The molecule has 0 radical (unpaired) electrons. The van der Waals surface area contributed by atoms with E-state index in [4.69, 9.17) is 0 Å². The van der Waals surface area contributed by atoms with Gasteiger partial charge in [-0.05, 0) is 5.56 Å². The second kappa shape index (κ2) is 4.05. The van der Waals surface area contributed by atoms with Crippen LogP contribution in [0.15, 0.2) is 35.3 Å². The number of Topliss-reactive ketones (excluding diaryl/α,β-unsaturated/α-hetero) is 1. The van der Waals surface area contributed by atoms with Crippen molar-refractivity contribution in [2.45, 2.75) is 6.42 Å². The number of hydrogen-bond acceptors (Lipinski definition) is 3. The van der Waals surface area contributed by atoms with E-state index in [0.717, 1.165) is 12.3 Å². The molecule has 3 heteroatoms. The van der Waals surface area contributed by atoms with Gasteiger partial charge in [-0.1, -0.05) is 30.3 Å². The molecular weight excluding hydrogens is 176 g/mol.